The first-order valence-electron chi connectivity index (χ1n) is 8.42. The van der Waals surface area contributed by atoms with Crippen LogP contribution in [0.3, 0.4) is 0 Å². The second-order valence-electron chi connectivity index (χ2n) is 6.10. The number of nitrogens with one attached hydrogen (secondary N) is 1. The molecule has 3 aromatic heterocycles. The molecule has 26 heavy (non-hydrogen) atoms. The zero-order valence-corrected chi connectivity index (χ0v) is 13.9. The first-order chi connectivity index (χ1) is 12.7. The van der Waals surface area contributed by atoms with Crippen LogP contribution in [0.2, 0.25) is 0 Å². The summed E-state index contributed by atoms with van der Waals surface area (Å²) in [5.41, 5.74) is 0.320. The quantitative estimate of drug-likeness (QED) is 0.740. The highest BCUT2D eigenvalue weighted by Gasteiger charge is 2.34. The molecule has 0 aliphatic carbocycles. The normalized spacial score (nSPS) is 16.9. The van der Waals surface area contributed by atoms with Crippen molar-refractivity contribution in [2.24, 2.45) is 0 Å². The standard InChI is InChI=1S/C17H17N5O4/c23-14-10-11(25-20-14)6-7-15(24)22-9-3-5-13(22)17-19-16(21-26-17)12-4-1-2-8-18-12/h1-2,4,8,10,13H,3,5-7,9H2,(H,20,23)/t13-/m1/s1. The molecule has 1 atom stereocenters. The first kappa shape index (κ1) is 16.2. The molecule has 0 bridgehead atoms. The van der Waals surface area contributed by atoms with Gasteiger partial charge in [0.05, 0.1) is 0 Å². The van der Waals surface area contributed by atoms with Crippen LogP contribution in [0.15, 0.2) is 44.3 Å². The lowest BCUT2D eigenvalue weighted by Crippen LogP contribution is -2.30. The SMILES string of the molecule is O=C(CCc1cc(=O)[nH]o1)N1CCC[C@@H]1c1nc(-c2ccccn2)no1. The minimum absolute atomic E-state index is 0.0334. The summed E-state index contributed by atoms with van der Waals surface area (Å²) >= 11 is 0. The number of aryl methyl sites for hydroxylation is 1. The van der Waals surface area contributed by atoms with E-state index in [1.54, 1.807) is 17.2 Å². The number of rotatable bonds is 5. The third-order valence-electron chi connectivity index (χ3n) is 4.35. The third-order valence-corrected chi connectivity index (χ3v) is 4.35. The molecule has 0 radical (unpaired) electrons. The maximum atomic E-state index is 12.6. The second-order valence-corrected chi connectivity index (χ2v) is 6.10. The smallest absolute Gasteiger partial charge is 0.280 e. The topological polar surface area (TPSA) is 118 Å². The molecule has 0 spiro atoms. The van der Waals surface area contributed by atoms with E-state index in [0.717, 1.165) is 12.8 Å². The van der Waals surface area contributed by atoms with Gasteiger partial charge in [-0.05, 0) is 25.0 Å². The van der Waals surface area contributed by atoms with Crippen molar-refractivity contribution in [3.05, 3.63) is 52.5 Å². The Morgan fingerprint density at radius 2 is 2.31 bits per heavy atom. The molecule has 0 saturated carbocycles. The van der Waals surface area contributed by atoms with Crippen molar-refractivity contribution in [2.45, 2.75) is 31.7 Å². The third kappa shape index (κ3) is 3.28. The summed E-state index contributed by atoms with van der Waals surface area (Å²) in [5.74, 6) is 1.27. The Morgan fingerprint density at radius 3 is 3.08 bits per heavy atom. The fourth-order valence-corrected chi connectivity index (χ4v) is 3.11. The highest BCUT2D eigenvalue weighted by atomic mass is 16.5. The summed E-state index contributed by atoms with van der Waals surface area (Å²) in [5, 5.41) is 6.20. The van der Waals surface area contributed by atoms with Gasteiger partial charge in [-0.3, -0.25) is 14.6 Å². The minimum atomic E-state index is -0.306. The fraction of sp³-hybridized carbons (Fsp3) is 0.353. The van der Waals surface area contributed by atoms with Gasteiger partial charge in [0.15, 0.2) is 0 Å². The van der Waals surface area contributed by atoms with Crippen molar-refractivity contribution in [3.63, 3.8) is 0 Å². The molecule has 0 unspecified atom stereocenters. The van der Waals surface area contributed by atoms with Crippen LogP contribution in [0.25, 0.3) is 11.5 Å². The Balaban J connectivity index is 1.45. The van der Waals surface area contributed by atoms with Crippen LogP contribution in [0, 0.1) is 0 Å². The molecule has 1 aliphatic rings. The highest BCUT2D eigenvalue weighted by molar-refractivity contribution is 5.77. The number of amides is 1. The predicted octanol–water partition coefficient (Wildman–Crippen LogP) is 1.71. The number of nitrogens with zero attached hydrogens (tertiary/aromatic N) is 4. The van der Waals surface area contributed by atoms with Gasteiger partial charge < -0.3 is 13.9 Å². The van der Waals surface area contributed by atoms with Gasteiger partial charge in [-0.25, -0.2) is 0 Å². The summed E-state index contributed by atoms with van der Waals surface area (Å²) < 4.78 is 10.4. The van der Waals surface area contributed by atoms with Crippen molar-refractivity contribution < 1.29 is 13.8 Å². The van der Waals surface area contributed by atoms with E-state index in [1.807, 2.05) is 12.1 Å². The Hall–Kier alpha value is -3.23. The van der Waals surface area contributed by atoms with Gasteiger partial charge in [0.2, 0.25) is 17.6 Å². The zero-order valence-electron chi connectivity index (χ0n) is 13.9. The molecular weight excluding hydrogens is 338 g/mol. The van der Waals surface area contributed by atoms with Crippen LogP contribution >= 0.6 is 0 Å². The molecule has 9 nitrogen and oxygen atoms in total. The summed E-state index contributed by atoms with van der Waals surface area (Å²) in [7, 11) is 0. The lowest BCUT2D eigenvalue weighted by Gasteiger charge is -2.21. The van der Waals surface area contributed by atoms with Crippen molar-refractivity contribution in [1.82, 2.24) is 25.2 Å². The van der Waals surface area contributed by atoms with E-state index in [4.69, 9.17) is 9.05 Å². The number of hydrogen-bond donors (Lipinski definition) is 1. The average molecular weight is 355 g/mol. The Morgan fingerprint density at radius 1 is 1.38 bits per heavy atom. The molecule has 1 fully saturated rings. The van der Waals surface area contributed by atoms with E-state index in [1.165, 1.54) is 6.07 Å². The van der Waals surface area contributed by atoms with E-state index in [9.17, 15) is 9.59 Å². The maximum Gasteiger partial charge on any atom is 0.280 e. The lowest BCUT2D eigenvalue weighted by atomic mass is 10.2. The molecule has 134 valence electrons. The predicted molar refractivity (Wildman–Crippen MR) is 88.9 cm³/mol. The number of hydrogen-bond acceptors (Lipinski definition) is 7. The van der Waals surface area contributed by atoms with Crippen molar-refractivity contribution >= 4 is 5.91 Å². The number of H-pyrrole nitrogens is 1. The molecular formula is C17H17N5O4. The summed E-state index contributed by atoms with van der Waals surface area (Å²) in [6.45, 7) is 0.641. The number of carbonyl (C=O) groups is 1. The second kappa shape index (κ2) is 6.95. The van der Waals surface area contributed by atoms with E-state index in [0.29, 0.717) is 36.1 Å². The van der Waals surface area contributed by atoms with Gasteiger partial charge >= 0.3 is 0 Å². The van der Waals surface area contributed by atoms with E-state index < -0.39 is 0 Å². The van der Waals surface area contributed by atoms with Crippen LogP contribution in [-0.2, 0) is 11.2 Å². The van der Waals surface area contributed by atoms with Crippen LogP contribution in [0.4, 0.5) is 0 Å². The summed E-state index contributed by atoms with van der Waals surface area (Å²) in [6, 6.07) is 6.59. The van der Waals surface area contributed by atoms with Crippen LogP contribution in [0.5, 0.6) is 0 Å². The highest BCUT2D eigenvalue weighted by Crippen LogP contribution is 2.32. The molecule has 0 aromatic carbocycles. The van der Waals surface area contributed by atoms with E-state index in [2.05, 4.69) is 20.3 Å². The lowest BCUT2D eigenvalue weighted by molar-refractivity contribution is -0.132. The zero-order chi connectivity index (χ0) is 17.9. The van der Waals surface area contributed by atoms with Crippen LogP contribution < -0.4 is 5.56 Å². The molecule has 1 aliphatic heterocycles. The van der Waals surface area contributed by atoms with Crippen LogP contribution in [-0.4, -0.2) is 37.6 Å². The average Bonchev–Trinajstić information content (AvgIpc) is 3.40. The van der Waals surface area contributed by atoms with Gasteiger partial charge in [-0.1, -0.05) is 11.2 Å². The number of aromatic nitrogens is 4. The molecule has 1 amide bonds. The van der Waals surface area contributed by atoms with Crippen molar-refractivity contribution in [2.75, 3.05) is 6.54 Å². The molecule has 9 heteroatoms. The Bertz CT molecular complexity index is 945. The molecule has 4 rings (SSSR count). The van der Waals surface area contributed by atoms with Gasteiger partial charge in [0.1, 0.15) is 17.5 Å². The Labute approximate surface area is 148 Å². The van der Waals surface area contributed by atoms with Gasteiger partial charge in [0.25, 0.3) is 5.56 Å². The molecule has 3 aromatic rings. The largest absolute Gasteiger partial charge is 0.384 e. The van der Waals surface area contributed by atoms with Crippen LogP contribution in [0.1, 0.15) is 37.0 Å². The van der Waals surface area contributed by atoms with E-state index >= 15 is 0 Å². The number of likely N-dealkylation sites (tertiary alicyclic amines) is 1. The molecule has 4 heterocycles. The number of carbonyl (C=O) groups excluding carboxylic acids is 1. The van der Waals surface area contributed by atoms with Gasteiger partial charge in [-0.15, -0.1) is 0 Å². The van der Waals surface area contributed by atoms with Gasteiger partial charge in [-0.2, -0.15) is 10.1 Å². The van der Waals surface area contributed by atoms with Crippen molar-refractivity contribution in [1.29, 1.82) is 0 Å². The number of aromatic amines is 1. The monoisotopic (exact) mass is 355 g/mol. The Kier molecular flexibility index (Phi) is 4.34. The van der Waals surface area contributed by atoms with Crippen molar-refractivity contribution in [3.8, 4) is 11.5 Å². The fourth-order valence-electron chi connectivity index (χ4n) is 3.11. The molecule has 1 N–H and O–H groups in total. The van der Waals surface area contributed by atoms with E-state index in [-0.39, 0.29) is 23.9 Å². The maximum absolute atomic E-state index is 12.6. The van der Waals surface area contributed by atoms with Gasteiger partial charge in [0, 0.05) is 31.6 Å². The summed E-state index contributed by atoms with van der Waals surface area (Å²) in [4.78, 5) is 34.0. The molecule has 1 saturated heterocycles. The summed E-state index contributed by atoms with van der Waals surface area (Å²) in [6.07, 6.45) is 3.92. The minimum Gasteiger partial charge on any atom is -0.384 e. The first-order valence-corrected chi connectivity index (χ1v) is 8.42. The number of pyridine rings is 1.